The van der Waals surface area contributed by atoms with Gasteiger partial charge in [-0.05, 0) is 286 Å². The summed E-state index contributed by atoms with van der Waals surface area (Å²) >= 11 is 0. The quantitative estimate of drug-likeness (QED) is 0.0582. The van der Waals surface area contributed by atoms with E-state index in [2.05, 4.69) is 44.1 Å². The molecule has 3 aliphatic heterocycles. The molecule has 12 aliphatic rings. The molecule has 2 N–H and O–H groups in total. The van der Waals surface area contributed by atoms with Crippen LogP contribution in [0.15, 0.2) is 0 Å². The first-order chi connectivity index (χ1) is 54.7. The molecule has 0 spiro atoms. The fraction of sp³-hybridized carbons (Fsp3) is 0.916. The molecule has 0 aromatic heterocycles. The number of ether oxygens (including phenoxy) is 8. The Morgan fingerprint density at radius 3 is 0.885 bits per heavy atom. The van der Waals surface area contributed by atoms with Crippen molar-refractivity contribution < 1.29 is 178 Å². The monoisotopic (exact) mass is 1810 g/mol. The molecule has 122 heavy (non-hydrogen) atoms. The van der Waals surface area contributed by atoms with Crippen molar-refractivity contribution in [2.24, 2.45) is 85.8 Å². The van der Waals surface area contributed by atoms with Gasteiger partial charge in [-0.25, -0.2) is 0 Å². The van der Waals surface area contributed by atoms with Gasteiger partial charge in [-0.15, -0.1) is 0 Å². The zero-order valence-corrected chi connectivity index (χ0v) is 72.8. The number of carbonyl (C=O) groups is 7. The van der Waals surface area contributed by atoms with Gasteiger partial charge in [0.05, 0.1) is 44.5 Å². The summed E-state index contributed by atoms with van der Waals surface area (Å²) in [5, 5.41) is 17.3. The minimum atomic E-state index is -7.27. The van der Waals surface area contributed by atoms with E-state index in [1.165, 1.54) is 90.9 Å². The van der Waals surface area contributed by atoms with Gasteiger partial charge in [-0.1, -0.05) is 41.5 Å². The number of rotatable bonds is 22. The number of alkyl halides is 22. The maximum absolute atomic E-state index is 13.8. The molecule has 3 heterocycles. The van der Waals surface area contributed by atoms with Gasteiger partial charge < -0.3 is 48.1 Å². The SMILES string of the molecule is CCC(C)(C)C(=O)OC(C(F)(F)F)C(F)(F)C(O)(C(F)(F)F)C(F)(F)F.CCC(C)(C)C(=O)OC(C(F)(F)F)C(F)(F)C(O)(C(F)(F)F)C(F)(F)F.CCC(C)(C)C(=O)OC1(C)C2CC3CC(C2)CC1C3.CCC(C)(C)C(=O)OC1(C)C2CC3CC(C2)CC1C3.CCC(C)(C)C(=O)OC1(C)CCCC1.CCC(C)(C)C(=O)OC1C2CC3C(=O)OC1C3O2. The van der Waals surface area contributed by atoms with Gasteiger partial charge in [0, 0.05) is 0 Å². The number of hydrogen-bond acceptors (Lipinski definition) is 17. The van der Waals surface area contributed by atoms with Crippen LogP contribution in [0, 0.1) is 85.8 Å². The zero-order valence-electron chi connectivity index (χ0n) is 72.8. The Hall–Kier alpha value is -5.37. The smallest absolute Gasteiger partial charge is 0.432 e. The van der Waals surface area contributed by atoms with Crippen LogP contribution in [0.2, 0.25) is 0 Å². The summed E-state index contributed by atoms with van der Waals surface area (Å²) in [6.45, 7) is 36.1. The lowest BCUT2D eigenvalue weighted by Crippen LogP contribution is -2.73. The molecule has 9 aliphatic carbocycles. The fourth-order valence-corrected chi connectivity index (χ4v) is 17.0. The third-order valence-electron chi connectivity index (χ3n) is 28.1. The summed E-state index contributed by atoms with van der Waals surface area (Å²) in [6.07, 6.45) is -33.0. The topological polar surface area (TPSA) is 234 Å². The van der Waals surface area contributed by atoms with Gasteiger partial charge in [-0.2, -0.15) is 96.6 Å². The summed E-state index contributed by atoms with van der Waals surface area (Å²) < 4.78 is 323. The van der Waals surface area contributed by atoms with Gasteiger partial charge in [0.25, 0.3) is 12.2 Å². The molecule has 12 fully saturated rings. The zero-order chi connectivity index (χ0) is 94.7. The van der Waals surface area contributed by atoms with Crippen molar-refractivity contribution in [2.45, 2.75) is 394 Å². The summed E-state index contributed by atoms with van der Waals surface area (Å²) in [5.41, 5.74) is -20.1. The van der Waals surface area contributed by atoms with Crippen molar-refractivity contribution in [3.05, 3.63) is 0 Å². The maximum Gasteiger partial charge on any atom is 0.432 e. The van der Waals surface area contributed by atoms with E-state index in [0.717, 1.165) is 83.5 Å². The molecule has 0 amide bonds. The molecule has 12 rings (SSSR count). The molecule has 3 saturated heterocycles. The van der Waals surface area contributed by atoms with Crippen LogP contribution in [-0.4, -0.2) is 166 Å². The Morgan fingerprint density at radius 2 is 0.631 bits per heavy atom. The first-order valence-electron chi connectivity index (χ1n) is 41.5. The lowest BCUT2D eigenvalue weighted by Gasteiger charge is -2.59. The highest BCUT2D eigenvalue weighted by Gasteiger charge is 2.89. The van der Waals surface area contributed by atoms with E-state index in [4.69, 9.17) is 38.6 Å². The van der Waals surface area contributed by atoms with Crippen molar-refractivity contribution in [1.29, 1.82) is 0 Å². The van der Waals surface area contributed by atoms with E-state index in [-0.39, 0.29) is 93.9 Å². The largest absolute Gasteiger partial charge is 0.459 e. The third-order valence-corrected chi connectivity index (χ3v) is 28.1. The highest BCUT2D eigenvalue weighted by atomic mass is 19.4. The second-order valence-electron chi connectivity index (χ2n) is 39.3. The van der Waals surface area contributed by atoms with E-state index in [1.54, 1.807) is 0 Å². The maximum atomic E-state index is 13.8. The van der Waals surface area contributed by atoms with Crippen molar-refractivity contribution in [1.82, 2.24) is 0 Å². The Labute approximate surface area is 697 Å². The molecule has 9 saturated carbocycles. The molecular weight excluding hydrogens is 1690 g/mol. The molecule has 0 radical (unpaired) electrons. The molecule has 17 nitrogen and oxygen atoms in total. The van der Waals surface area contributed by atoms with Crippen molar-refractivity contribution >= 4 is 41.8 Å². The summed E-state index contributed by atoms with van der Waals surface area (Å²) in [6, 6.07) is 0. The highest BCUT2D eigenvalue weighted by Crippen LogP contribution is 2.63. The Bertz CT molecular complexity index is 3370. The second-order valence-corrected chi connectivity index (χ2v) is 39.3. The van der Waals surface area contributed by atoms with Crippen LogP contribution in [0.1, 0.15) is 280 Å². The molecule has 7 unspecified atom stereocenters. The number of hydrogen-bond donors (Lipinski definition) is 2. The van der Waals surface area contributed by atoms with Gasteiger partial charge in [0.15, 0.2) is 12.2 Å². The number of carbonyl (C=O) groups excluding carboxylic acids is 7. The average Bonchev–Trinajstić information content (AvgIpc) is 1.58. The lowest BCUT2D eigenvalue weighted by molar-refractivity contribution is -0.446. The number of fused-ring (bicyclic) bond motifs is 1. The van der Waals surface area contributed by atoms with Crippen molar-refractivity contribution in [3.63, 3.8) is 0 Å². The summed E-state index contributed by atoms with van der Waals surface area (Å²) in [7, 11) is 0. The van der Waals surface area contributed by atoms with Gasteiger partial charge in [0.2, 0.25) is 0 Å². The predicted molar refractivity (Wildman–Crippen MR) is 393 cm³/mol. The highest BCUT2D eigenvalue weighted by molar-refractivity contribution is 5.80. The first-order valence-corrected chi connectivity index (χ1v) is 41.5. The summed E-state index contributed by atoms with van der Waals surface area (Å²) in [5.74, 6) is -12.7. The van der Waals surface area contributed by atoms with Gasteiger partial charge in [-0.3, -0.25) is 33.6 Å². The Balaban J connectivity index is 0.000000263. The van der Waals surface area contributed by atoms with Crippen LogP contribution < -0.4 is 0 Å². The molecule has 710 valence electrons. The molecule has 39 heteroatoms. The second kappa shape index (κ2) is 36.6. The number of halogens is 22. The van der Waals surface area contributed by atoms with Gasteiger partial charge >= 0.3 is 102 Å². The number of esters is 7. The van der Waals surface area contributed by atoms with Crippen LogP contribution in [0.5, 0.6) is 0 Å². The minimum absolute atomic E-state index is 0.0185. The minimum Gasteiger partial charge on any atom is -0.459 e. The molecule has 0 aromatic carbocycles. The van der Waals surface area contributed by atoms with Crippen LogP contribution in [-0.2, 0) is 71.5 Å². The van der Waals surface area contributed by atoms with E-state index >= 15 is 0 Å². The standard InChI is InChI=1S/2C17H28O2.C13H18O5.2C12H13F11O3.C12H22O2/c2*1-5-16(2,3)15(18)19-17(4)13-7-11-6-12(9-13)10-14(17)8-11;1-4-13(2,3)12(15)18-9-7-5-6-8(16-7)10(9)17-11(6)14;2*1-4-7(2,3)6(24)26-5(9(15,16)17)8(13,14)10(25,11(18,19)20)12(21,22)23;1-5-11(2,3)10(13)14-12(4)8-6-7-9-12/h2*11-14H,5-10H2,1-4H3;6-10H,4-5H2,1-3H3;2*5,25H,4H2,1-3H3;5-9H2,1-4H3. The molecular formula is C83H122F22O17. The van der Waals surface area contributed by atoms with Gasteiger partial charge in [0.1, 0.15) is 22.9 Å². The van der Waals surface area contributed by atoms with E-state index in [9.17, 15) is 130 Å². The average molecular weight is 1810 g/mol. The lowest BCUT2D eigenvalue weighted by atomic mass is 9.50. The van der Waals surface area contributed by atoms with E-state index in [0.29, 0.717) is 36.5 Å². The molecule has 10 bridgehead atoms. The van der Waals surface area contributed by atoms with Crippen molar-refractivity contribution in [2.75, 3.05) is 0 Å². The normalized spacial score (nSPS) is 29.3. The van der Waals surface area contributed by atoms with E-state index in [1.807, 2.05) is 69.2 Å². The van der Waals surface area contributed by atoms with Crippen LogP contribution in [0.25, 0.3) is 0 Å². The molecule has 0 aromatic rings. The first kappa shape index (κ1) is 107. The van der Waals surface area contributed by atoms with Crippen molar-refractivity contribution in [3.8, 4) is 0 Å². The van der Waals surface area contributed by atoms with E-state index < -0.39 is 113 Å². The predicted octanol–water partition coefficient (Wildman–Crippen LogP) is 21.5. The van der Waals surface area contributed by atoms with Crippen LogP contribution in [0.3, 0.4) is 0 Å². The molecule has 7 atom stereocenters. The fourth-order valence-electron chi connectivity index (χ4n) is 17.0. The number of aliphatic hydroxyl groups is 2. The van der Waals surface area contributed by atoms with Crippen LogP contribution in [0.4, 0.5) is 96.6 Å². The summed E-state index contributed by atoms with van der Waals surface area (Å²) in [4.78, 5) is 83.4. The third kappa shape index (κ3) is 22.1. The Morgan fingerprint density at radius 1 is 0.377 bits per heavy atom. The Kier molecular flexibility index (Phi) is 32.2. The van der Waals surface area contributed by atoms with Crippen LogP contribution >= 0.6 is 0 Å².